The van der Waals surface area contributed by atoms with Crippen LogP contribution in [0.5, 0.6) is 5.75 Å². The first kappa shape index (κ1) is 16.1. The Labute approximate surface area is 133 Å². The number of nitrogens with zero attached hydrogens (tertiary/aromatic N) is 3. The van der Waals surface area contributed by atoms with Gasteiger partial charge >= 0.3 is 5.97 Å². The summed E-state index contributed by atoms with van der Waals surface area (Å²) in [6.45, 7) is 3.49. The molecule has 0 saturated carbocycles. The second kappa shape index (κ2) is 7.65. The summed E-state index contributed by atoms with van der Waals surface area (Å²) in [6.07, 6.45) is 4.64. The van der Waals surface area contributed by atoms with Crippen molar-refractivity contribution in [3.63, 3.8) is 0 Å². The Morgan fingerprint density at radius 2 is 2.18 bits per heavy atom. The van der Waals surface area contributed by atoms with Crippen LogP contribution >= 0.6 is 12.2 Å². The monoisotopic (exact) mass is 318 g/mol. The summed E-state index contributed by atoms with van der Waals surface area (Å²) in [5.74, 6) is 0.986. The summed E-state index contributed by atoms with van der Waals surface area (Å²) in [5, 5.41) is 11.3. The van der Waals surface area contributed by atoms with Gasteiger partial charge in [0.25, 0.3) is 0 Å². The molecule has 1 aromatic heterocycles. The molecule has 6 nitrogen and oxygen atoms in total. The number of hydrogen-bond acceptors (Lipinski definition) is 5. The summed E-state index contributed by atoms with van der Waals surface area (Å²) < 4.78 is 7.08. The molecule has 0 radical (unpaired) electrons. The van der Waals surface area contributed by atoms with Gasteiger partial charge in [0.1, 0.15) is 5.75 Å². The molecule has 116 valence electrons. The van der Waals surface area contributed by atoms with Gasteiger partial charge in [0, 0.05) is 13.3 Å². The number of rotatable bonds is 6. The standard InChI is InChI=1S/C15H18N4O2S/c1-3-4-5-14-17-18-15(22)19(14)16-10-12-6-8-13(9-7-12)21-11(2)20/h6-10H,3-5H2,1-2H3,(H,18,22)/b16-10-. The number of hydrogen-bond donors (Lipinski definition) is 1. The van der Waals surface area contributed by atoms with Crippen molar-refractivity contribution in [1.29, 1.82) is 0 Å². The van der Waals surface area contributed by atoms with Crippen LogP contribution in [0.4, 0.5) is 0 Å². The number of benzene rings is 1. The third-order valence-electron chi connectivity index (χ3n) is 2.94. The van der Waals surface area contributed by atoms with Crippen LogP contribution in [0.2, 0.25) is 0 Å². The molecule has 7 heteroatoms. The van der Waals surface area contributed by atoms with Gasteiger partial charge in [-0.2, -0.15) is 14.9 Å². The Balaban J connectivity index is 2.13. The van der Waals surface area contributed by atoms with Crippen LogP contribution in [0.3, 0.4) is 0 Å². The zero-order valence-electron chi connectivity index (χ0n) is 12.6. The van der Waals surface area contributed by atoms with E-state index in [1.54, 1.807) is 23.0 Å². The first-order valence-electron chi connectivity index (χ1n) is 7.09. The maximum absolute atomic E-state index is 10.9. The molecule has 0 atom stereocenters. The van der Waals surface area contributed by atoms with Crippen molar-refractivity contribution in [3.05, 3.63) is 40.4 Å². The van der Waals surface area contributed by atoms with Crippen LogP contribution in [0.25, 0.3) is 0 Å². The molecule has 0 bridgehead atoms. The number of aromatic nitrogens is 3. The number of aryl methyl sites for hydroxylation is 1. The van der Waals surface area contributed by atoms with E-state index in [9.17, 15) is 4.79 Å². The smallest absolute Gasteiger partial charge is 0.308 e. The molecule has 0 aliphatic heterocycles. The predicted octanol–water partition coefficient (Wildman–Crippen LogP) is 3.09. The van der Waals surface area contributed by atoms with Gasteiger partial charge in [-0.15, -0.1) is 0 Å². The highest BCUT2D eigenvalue weighted by Crippen LogP contribution is 2.11. The second-order valence-corrected chi connectivity index (χ2v) is 5.15. The Morgan fingerprint density at radius 1 is 1.45 bits per heavy atom. The van der Waals surface area contributed by atoms with E-state index in [0.717, 1.165) is 30.7 Å². The number of carbonyl (C=O) groups excluding carboxylic acids is 1. The molecule has 0 saturated heterocycles. The molecule has 1 N–H and O–H groups in total. The molecule has 1 heterocycles. The van der Waals surface area contributed by atoms with Gasteiger partial charge in [0.2, 0.25) is 4.77 Å². The third kappa shape index (κ3) is 4.36. The number of esters is 1. The van der Waals surface area contributed by atoms with E-state index in [4.69, 9.17) is 17.0 Å². The highest BCUT2D eigenvalue weighted by Gasteiger charge is 2.04. The van der Waals surface area contributed by atoms with Gasteiger partial charge in [-0.25, -0.2) is 0 Å². The predicted molar refractivity (Wildman–Crippen MR) is 86.8 cm³/mol. The summed E-state index contributed by atoms with van der Waals surface area (Å²) in [7, 11) is 0. The van der Waals surface area contributed by atoms with Crippen molar-refractivity contribution in [3.8, 4) is 5.75 Å². The van der Waals surface area contributed by atoms with Crippen molar-refractivity contribution in [2.45, 2.75) is 33.1 Å². The summed E-state index contributed by atoms with van der Waals surface area (Å²) >= 11 is 5.18. The van der Waals surface area contributed by atoms with Crippen molar-refractivity contribution >= 4 is 24.4 Å². The summed E-state index contributed by atoms with van der Waals surface area (Å²) in [5.41, 5.74) is 0.875. The minimum absolute atomic E-state index is 0.341. The van der Waals surface area contributed by atoms with E-state index in [1.165, 1.54) is 6.92 Å². The average molecular weight is 318 g/mol. The summed E-state index contributed by atoms with van der Waals surface area (Å²) in [6, 6.07) is 7.07. The van der Waals surface area contributed by atoms with Crippen LogP contribution < -0.4 is 4.74 Å². The number of carbonyl (C=O) groups is 1. The van der Waals surface area contributed by atoms with E-state index >= 15 is 0 Å². The lowest BCUT2D eigenvalue weighted by molar-refractivity contribution is -0.131. The lowest BCUT2D eigenvalue weighted by atomic mass is 10.2. The van der Waals surface area contributed by atoms with Crippen molar-refractivity contribution in [2.24, 2.45) is 5.10 Å². The highest BCUT2D eigenvalue weighted by molar-refractivity contribution is 7.71. The van der Waals surface area contributed by atoms with Gasteiger partial charge in [-0.05, 0) is 48.5 Å². The van der Waals surface area contributed by atoms with Crippen LogP contribution in [0, 0.1) is 4.77 Å². The highest BCUT2D eigenvalue weighted by atomic mass is 32.1. The zero-order chi connectivity index (χ0) is 15.9. The maximum Gasteiger partial charge on any atom is 0.308 e. The van der Waals surface area contributed by atoms with Crippen molar-refractivity contribution < 1.29 is 9.53 Å². The Bertz CT molecular complexity index is 716. The lowest BCUT2D eigenvalue weighted by Crippen LogP contribution is -2.01. The molecule has 2 rings (SSSR count). The SMILES string of the molecule is CCCCc1n[nH]c(=S)n1/N=C\c1ccc(OC(C)=O)cc1. The molecular weight excluding hydrogens is 300 g/mol. The van der Waals surface area contributed by atoms with E-state index in [2.05, 4.69) is 22.2 Å². The minimum atomic E-state index is -0.341. The fourth-order valence-corrected chi connectivity index (χ4v) is 2.05. The van der Waals surface area contributed by atoms with Gasteiger partial charge in [-0.3, -0.25) is 9.89 Å². The molecule has 0 spiro atoms. The molecule has 22 heavy (non-hydrogen) atoms. The van der Waals surface area contributed by atoms with Crippen molar-refractivity contribution in [2.75, 3.05) is 0 Å². The molecule has 1 aromatic carbocycles. The molecule has 0 amide bonds. The fraction of sp³-hybridized carbons (Fsp3) is 0.333. The Morgan fingerprint density at radius 3 is 2.82 bits per heavy atom. The minimum Gasteiger partial charge on any atom is -0.427 e. The molecule has 0 aliphatic carbocycles. The second-order valence-electron chi connectivity index (χ2n) is 4.77. The molecule has 0 fully saturated rings. The van der Waals surface area contributed by atoms with Crippen molar-refractivity contribution in [1.82, 2.24) is 14.9 Å². The fourth-order valence-electron chi connectivity index (χ4n) is 1.85. The average Bonchev–Trinajstić information content (AvgIpc) is 2.84. The quantitative estimate of drug-likeness (QED) is 0.384. The van der Waals surface area contributed by atoms with Crippen LogP contribution in [0.1, 0.15) is 38.1 Å². The summed E-state index contributed by atoms with van der Waals surface area (Å²) in [4.78, 5) is 10.9. The Kier molecular flexibility index (Phi) is 5.60. The van der Waals surface area contributed by atoms with Gasteiger partial charge in [0.05, 0.1) is 6.21 Å². The molecular formula is C15H18N4O2S. The van der Waals surface area contributed by atoms with Crippen LogP contribution in [-0.2, 0) is 11.2 Å². The van der Waals surface area contributed by atoms with Gasteiger partial charge in [-0.1, -0.05) is 13.3 Å². The largest absolute Gasteiger partial charge is 0.427 e. The topological polar surface area (TPSA) is 72.3 Å². The van der Waals surface area contributed by atoms with E-state index < -0.39 is 0 Å². The van der Waals surface area contributed by atoms with E-state index in [1.807, 2.05) is 12.1 Å². The molecule has 0 unspecified atom stereocenters. The number of ether oxygens (including phenoxy) is 1. The lowest BCUT2D eigenvalue weighted by Gasteiger charge is -2.01. The number of unbranched alkanes of at least 4 members (excludes halogenated alkanes) is 1. The molecule has 0 aliphatic rings. The van der Waals surface area contributed by atoms with Gasteiger partial charge in [0.15, 0.2) is 5.82 Å². The maximum atomic E-state index is 10.9. The normalized spacial score (nSPS) is 11.0. The zero-order valence-corrected chi connectivity index (χ0v) is 13.4. The van der Waals surface area contributed by atoms with Gasteiger partial charge < -0.3 is 4.74 Å². The number of H-pyrrole nitrogens is 1. The van der Waals surface area contributed by atoms with E-state index in [-0.39, 0.29) is 5.97 Å². The number of aromatic amines is 1. The Hall–Kier alpha value is -2.28. The first-order valence-corrected chi connectivity index (χ1v) is 7.50. The van der Waals surface area contributed by atoms with Crippen LogP contribution in [0.15, 0.2) is 29.4 Å². The third-order valence-corrected chi connectivity index (χ3v) is 3.20. The first-order chi connectivity index (χ1) is 10.6. The van der Waals surface area contributed by atoms with Crippen LogP contribution in [-0.4, -0.2) is 27.1 Å². The number of nitrogens with one attached hydrogen (secondary N) is 1. The molecule has 2 aromatic rings. The van der Waals surface area contributed by atoms with E-state index in [0.29, 0.717) is 10.5 Å².